The number of benzene rings is 2. The minimum absolute atomic E-state index is 0.859. The highest BCUT2D eigenvalue weighted by atomic mass is 35.5. The SMILES string of the molecule is CCCc1ccc(Cc2cc(C)ccc2Cl)cc1. The molecule has 0 fully saturated rings. The van der Waals surface area contributed by atoms with E-state index in [4.69, 9.17) is 11.6 Å². The summed E-state index contributed by atoms with van der Waals surface area (Å²) in [6.45, 7) is 4.31. The lowest BCUT2D eigenvalue weighted by Gasteiger charge is -2.07. The number of hydrogen-bond acceptors (Lipinski definition) is 0. The first-order chi connectivity index (χ1) is 8.69. The molecule has 0 radical (unpaired) electrons. The zero-order chi connectivity index (χ0) is 13.0. The van der Waals surface area contributed by atoms with Crippen molar-refractivity contribution in [2.24, 2.45) is 0 Å². The van der Waals surface area contributed by atoms with E-state index in [1.807, 2.05) is 6.07 Å². The van der Waals surface area contributed by atoms with Crippen molar-refractivity contribution in [2.45, 2.75) is 33.1 Å². The Morgan fingerprint density at radius 2 is 1.61 bits per heavy atom. The summed E-state index contributed by atoms with van der Waals surface area (Å²) in [7, 11) is 0. The van der Waals surface area contributed by atoms with Gasteiger partial charge in [-0.1, -0.05) is 66.9 Å². The molecule has 2 aromatic carbocycles. The van der Waals surface area contributed by atoms with Crippen molar-refractivity contribution in [3.8, 4) is 0 Å². The second kappa shape index (κ2) is 6.06. The maximum absolute atomic E-state index is 6.23. The lowest BCUT2D eigenvalue weighted by atomic mass is 10.0. The predicted octanol–water partition coefficient (Wildman–Crippen LogP) is 5.19. The minimum atomic E-state index is 0.859. The molecule has 0 aliphatic carbocycles. The van der Waals surface area contributed by atoms with Gasteiger partial charge in [-0.2, -0.15) is 0 Å². The Kier molecular flexibility index (Phi) is 4.43. The van der Waals surface area contributed by atoms with Gasteiger partial charge in [0.1, 0.15) is 0 Å². The number of halogens is 1. The molecule has 94 valence electrons. The summed E-state index contributed by atoms with van der Waals surface area (Å²) in [6, 6.07) is 15.1. The van der Waals surface area contributed by atoms with Crippen LogP contribution in [0, 0.1) is 6.92 Å². The zero-order valence-corrected chi connectivity index (χ0v) is 11.8. The van der Waals surface area contributed by atoms with Crippen LogP contribution in [0.15, 0.2) is 42.5 Å². The molecule has 0 unspecified atom stereocenters. The standard InChI is InChI=1S/C17H19Cl/c1-3-4-14-6-8-15(9-7-14)12-16-11-13(2)5-10-17(16)18/h5-11H,3-4,12H2,1-2H3. The van der Waals surface area contributed by atoms with Gasteiger partial charge < -0.3 is 0 Å². The van der Waals surface area contributed by atoms with Gasteiger partial charge in [-0.3, -0.25) is 0 Å². The van der Waals surface area contributed by atoms with Gasteiger partial charge in [0.2, 0.25) is 0 Å². The van der Waals surface area contributed by atoms with Crippen molar-refractivity contribution in [1.82, 2.24) is 0 Å². The van der Waals surface area contributed by atoms with Gasteiger partial charge in [-0.15, -0.1) is 0 Å². The van der Waals surface area contributed by atoms with Crippen molar-refractivity contribution in [3.63, 3.8) is 0 Å². The van der Waals surface area contributed by atoms with Crippen molar-refractivity contribution in [3.05, 3.63) is 69.7 Å². The van der Waals surface area contributed by atoms with Crippen LogP contribution in [0.4, 0.5) is 0 Å². The highest BCUT2D eigenvalue weighted by molar-refractivity contribution is 6.31. The fourth-order valence-electron chi connectivity index (χ4n) is 2.17. The van der Waals surface area contributed by atoms with Crippen molar-refractivity contribution < 1.29 is 0 Å². The Morgan fingerprint density at radius 3 is 2.28 bits per heavy atom. The number of hydrogen-bond donors (Lipinski definition) is 0. The van der Waals surface area contributed by atoms with Crippen LogP contribution in [0.5, 0.6) is 0 Å². The molecule has 1 heteroatoms. The van der Waals surface area contributed by atoms with Crippen molar-refractivity contribution >= 4 is 11.6 Å². The Morgan fingerprint density at radius 1 is 0.944 bits per heavy atom. The summed E-state index contributed by atoms with van der Waals surface area (Å²) in [5.41, 5.74) is 5.20. The lowest BCUT2D eigenvalue weighted by Crippen LogP contribution is -1.91. The van der Waals surface area contributed by atoms with Crippen LogP contribution in [0.2, 0.25) is 5.02 Å². The molecular formula is C17H19Cl. The van der Waals surface area contributed by atoms with Gasteiger partial charge >= 0.3 is 0 Å². The van der Waals surface area contributed by atoms with E-state index in [2.05, 4.69) is 50.2 Å². The predicted molar refractivity (Wildman–Crippen MR) is 79.4 cm³/mol. The molecule has 0 atom stereocenters. The maximum atomic E-state index is 6.23. The fourth-order valence-corrected chi connectivity index (χ4v) is 2.36. The third-order valence-electron chi connectivity index (χ3n) is 3.16. The van der Waals surface area contributed by atoms with Gasteiger partial charge in [-0.05, 0) is 42.5 Å². The van der Waals surface area contributed by atoms with E-state index in [1.54, 1.807) is 0 Å². The van der Waals surface area contributed by atoms with Gasteiger partial charge in [0, 0.05) is 5.02 Å². The Bertz CT molecular complexity index is 512. The molecule has 0 heterocycles. The normalized spacial score (nSPS) is 10.6. The molecule has 0 aromatic heterocycles. The molecule has 0 aliphatic rings. The molecule has 0 aliphatic heterocycles. The van der Waals surface area contributed by atoms with Crippen LogP contribution >= 0.6 is 11.6 Å². The summed E-state index contributed by atoms with van der Waals surface area (Å²) >= 11 is 6.23. The minimum Gasteiger partial charge on any atom is -0.0840 e. The van der Waals surface area contributed by atoms with Crippen LogP contribution < -0.4 is 0 Å². The van der Waals surface area contributed by atoms with Gasteiger partial charge in [0.15, 0.2) is 0 Å². The fraction of sp³-hybridized carbons (Fsp3) is 0.294. The third-order valence-corrected chi connectivity index (χ3v) is 3.53. The molecule has 2 aromatic rings. The maximum Gasteiger partial charge on any atom is 0.0441 e. The Balaban J connectivity index is 2.15. The summed E-state index contributed by atoms with van der Waals surface area (Å²) in [6.07, 6.45) is 3.27. The molecule has 0 amide bonds. The average molecular weight is 259 g/mol. The molecule has 2 rings (SSSR count). The van der Waals surface area contributed by atoms with Crippen LogP contribution in [0.3, 0.4) is 0 Å². The van der Waals surface area contributed by atoms with Crippen LogP contribution in [-0.4, -0.2) is 0 Å². The molecule has 0 spiro atoms. The second-order valence-corrected chi connectivity index (χ2v) is 5.25. The first-order valence-corrected chi connectivity index (χ1v) is 6.89. The van der Waals surface area contributed by atoms with E-state index in [0.29, 0.717) is 0 Å². The van der Waals surface area contributed by atoms with E-state index < -0.39 is 0 Å². The first kappa shape index (κ1) is 13.2. The van der Waals surface area contributed by atoms with Gasteiger partial charge in [0.05, 0.1) is 0 Å². The average Bonchev–Trinajstić information content (AvgIpc) is 2.37. The first-order valence-electron chi connectivity index (χ1n) is 6.52. The third kappa shape index (κ3) is 3.36. The largest absolute Gasteiger partial charge is 0.0840 e. The number of rotatable bonds is 4. The molecular weight excluding hydrogens is 240 g/mol. The molecule has 0 nitrogen and oxygen atoms in total. The highest BCUT2D eigenvalue weighted by Gasteiger charge is 2.02. The summed E-state index contributed by atoms with van der Waals surface area (Å²) in [4.78, 5) is 0. The summed E-state index contributed by atoms with van der Waals surface area (Å²) in [5.74, 6) is 0. The zero-order valence-electron chi connectivity index (χ0n) is 11.0. The molecule has 0 N–H and O–H groups in total. The second-order valence-electron chi connectivity index (χ2n) is 4.84. The van der Waals surface area contributed by atoms with E-state index in [1.165, 1.54) is 28.7 Å². The quantitative estimate of drug-likeness (QED) is 0.708. The van der Waals surface area contributed by atoms with Crippen molar-refractivity contribution in [1.29, 1.82) is 0 Å². The number of aryl methyl sites for hydroxylation is 2. The highest BCUT2D eigenvalue weighted by Crippen LogP contribution is 2.21. The van der Waals surface area contributed by atoms with Gasteiger partial charge in [-0.25, -0.2) is 0 Å². The molecule has 18 heavy (non-hydrogen) atoms. The topological polar surface area (TPSA) is 0 Å². The van der Waals surface area contributed by atoms with Crippen molar-refractivity contribution in [2.75, 3.05) is 0 Å². The molecule has 0 saturated carbocycles. The Hall–Kier alpha value is -1.27. The van der Waals surface area contributed by atoms with E-state index in [-0.39, 0.29) is 0 Å². The monoisotopic (exact) mass is 258 g/mol. The van der Waals surface area contributed by atoms with Crippen LogP contribution in [0.1, 0.15) is 35.6 Å². The summed E-state index contributed by atoms with van der Waals surface area (Å²) in [5, 5.41) is 0.859. The van der Waals surface area contributed by atoms with Gasteiger partial charge in [0.25, 0.3) is 0 Å². The van der Waals surface area contributed by atoms with E-state index >= 15 is 0 Å². The smallest absolute Gasteiger partial charge is 0.0441 e. The van der Waals surface area contributed by atoms with E-state index in [9.17, 15) is 0 Å². The Labute approximate surface area is 115 Å². The molecule has 0 bridgehead atoms. The summed E-state index contributed by atoms with van der Waals surface area (Å²) < 4.78 is 0. The lowest BCUT2D eigenvalue weighted by molar-refractivity contribution is 0.920. The molecule has 0 saturated heterocycles. The van der Waals surface area contributed by atoms with E-state index in [0.717, 1.165) is 17.9 Å². The van der Waals surface area contributed by atoms with Crippen LogP contribution in [-0.2, 0) is 12.8 Å². The van der Waals surface area contributed by atoms with Crippen LogP contribution in [0.25, 0.3) is 0 Å².